The normalized spacial score (nSPS) is 19.7. The van der Waals surface area contributed by atoms with Gasteiger partial charge in [-0.05, 0) is 56.0 Å². The zero-order chi connectivity index (χ0) is 19.3. The maximum atomic E-state index is 5.43. The lowest BCUT2D eigenvalue weighted by molar-refractivity contribution is 0.444. The van der Waals surface area contributed by atoms with Crippen molar-refractivity contribution in [1.29, 1.82) is 0 Å². The van der Waals surface area contributed by atoms with Crippen molar-refractivity contribution < 1.29 is 4.42 Å². The van der Waals surface area contributed by atoms with Crippen LogP contribution < -0.4 is 20.4 Å². The number of aromatic nitrogens is 2. The predicted octanol–water partition coefficient (Wildman–Crippen LogP) is 3.39. The molecule has 0 aliphatic carbocycles. The van der Waals surface area contributed by atoms with Crippen molar-refractivity contribution in [3.8, 4) is 0 Å². The second-order valence-electron chi connectivity index (χ2n) is 7.68. The van der Waals surface area contributed by atoms with Gasteiger partial charge in [-0.15, -0.1) is 0 Å². The maximum absolute atomic E-state index is 5.43. The van der Waals surface area contributed by atoms with Gasteiger partial charge < -0.3 is 24.9 Å². The van der Waals surface area contributed by atoms with Crippen molar-refractivity contribution in [2.24, 2.45) is 5.92 Å². The third kappa shape index (κ3) is 4.73. The van der Waals surface area contributed by atoms with Crippen molar-refractivity contribution in [3.63, 3.8) is 0 Å². The largest absolute Gasteiger partial charge is 0.467 e. The van der Waals surface area contributed by atoms with Crippen LogP contribution in [0.5, 0.6) is 0 Å². The van der Waals surface area contributed by atoms with Crippen LogP contribution in [-0.4, -0.2) is 41.3 Å². The zero-order valence-corrected chi connectivity index (χ0v) is 17.2. The van der Waals surface area contributed by atoms with E-state index in [0.29, 0.717) is 23.5 Å². The Morgan fingerprint density at radius 1 is 1.18 bits per heavy atom. The molecule has 2 fully saturated rings. The van der Waals surface area contributed by atoms with E-state index in [1.165, 1.54) is 25.7 Å². The quantitative estimate of drug-likeness (QED) is 0.740. The summed E-state index contributed by atoms with van der Waals surface area (Å²) in [6.07, 6.45) is 6.57. The highest BCUT2D eigenvalue weighted by Crippen LogP contribution is 2.27. The molecule has 28 heavy (non-hydrogen) atoms. The van der Waals surface area contributed by atoms with Crippen LogP contribution in [0.4, 0.5) is 17.6 Å². The molecule has 7 nitrogen and oxygen atoms in total. The van der Waals surface area contributed by atoms with Gasteiger partial charge in [-0.1, -0.05) is 6.92 Å². The van der Waals surface area contributed by atoms with E-state index < -0.39 is 0 Å². The monoisotopic (exact) mass is 400 g/mol. The van der Waals surface area contributed by atoms with Crippen LogP contribution in [0.15, 0.2) is 28.9 Å². The summed E-state index contributed by atoms with van der Waals surface area (Å²) in [5, 5.41) is 6.80. The van der Waals surface area contributed by atoms with Crippen LogP contribution in [0, 0.1) is 5.92 Å². The molecule has 150 valence electrons. The van der Waals surface area contributed by atoms with E-state index in [-0.39, 0.29) is 0 Å². The van der Waals surface area contributed by atoms with Gasteiger partial charge in [-0.2, -0.15) is 9.97 Å². The molecule has 2 N–H and O–H groups in total. The minimum Gasteiger partial charge on any atom is -0.467 e. The van der Waals surface area contributed by atoms with Crippen molar-refractivity contribution in [2.45, 2.75) is 39.2 Å². The first-order valence-electron chi connectivity index (χ1n) is 10.1. The number of furan rings is 1. The lowest BCUT2D eigenvalue weighted by Gasteiger charge is -2.32. The Hall–Kier alpha value is -2.35. The molecule has 2 aliphatic heterocycles. The molecule has 1 atom stereocenters. The summed E-state index contributed by atoms with van der Waals surface area (Å²) in [7, 11) is 0. The van der Waals surface area contributed by atoms with Crippen molar-refractivity contribution in [3.05, 3.63) is 30.2 Å². The fourth-order valence-corrected chi connectivity index (χ4v) is 4.04. The number of hydrogen-bond donors (Lipinski definition) is 2. The molecule has 0 aromatic carbocycles. The predicted molar refractivity (Wildman–Crippen MR) is 116 cm³/mol. The molecule has 2 saturated heterocycles. The van der Waals surface area contributed by atoms with Gasteiger partial charge >= 0.3 is 0 Å². The second kappa shape index (κ2) is 8.77. The van der Waals surface area contributed by atoms with Gasteiger partial charge in [0.15, 0.2) is 5.11 Å². The van der Waals surface area contributed by atoms with E-state index >= 15 is 0 Å². The fourth-order valence-electron chi connectivity index (χ4n) is 3.87. The van der Waals surface area contributed by atoms with Crippen molar-refractivity contribution in [1.82, 2.24) is 15.3 Å². The average Bonchev–Trinajstić information content (AvgIpc) is 3.40. The molecular weight excluding hydrogens is 372 g/mol. The van der Waals surface area contributed by atoms with Gasteiger partial charge in [0, 0.05) is 32.2 Å². The average molecular weight is 401 g/mol. The van der Waals surface area contributed by atoms with Gasteiger partial charge in [0.05, 0.1) is 12.8 Å². The molecule has 4 rings (SSSR count). The highest BCUT2D eigenvalue weighted by molar-refractivity contribution is 7.80. The third-order valence-electron chi connectivity index (χ3n) is 5.34. The molecule has 0 spiro atoms. The smallest absolute Gasteiger partial charge is 0.232 e. The number of nitrogens with zero attached hydrogens (tertiary/aromatic N) is 4. The lowest BCUT2D eigenvalue weighted by atomic mass is 10.0. The van der Waals surface area contributed by atoms with Crippen LogP contribution in [0.2, 0.25) is 0 Å². The number of hydrogen-bond acceptors (Lipinski definition) is 6. The summed E-state index contributed by atoms with van der Waals surface area (Å²) >= 11 is 5.43. The first-order valence-corrected chi connectivity index (χ1v) is 10.5. The van der Waals surface area contributed by atoms with Gasteiger partial charge in [0.2, 0.25) is 5.95 Å². The van der Waals surface area contributed by atoms with Gasteiger partial charge in [0.25, 0.3) is 0 Å². The Balaban J connectivity index is 1.50. The standard InChI is InChI=1S/C20H28N6OS/c1-15-6-4-10-26(14-15)18-12-17(25-8-2-3-9-25)22-19(23-18)24-20(28)21-13-16-7-5-11-27-16/h5,7,11-12,15H,2-4,6,8-10,13-14H2,1H3,(H2,21,22,23,24,28)/t15-/m0/s1. The fraction of sp³-hybridized carbons (Fsp3) is 0.550. The minimum absolute atomic E-state index is 0.493. The Bertz CT molecular complexity index is 790. The first kappa shape index (κ1) is 19.0. The number of piperidine rings is 1. The number of rotatable bonds is 5. The van der Waals surface area contributed by atoms with Crippen LogP contribution in [0.3, 0.4) is 0 Å². The third-order valence-corrected chi connectivity index (χ3v) is 5.59. The maximum Gasteiger partial charge on any atom is 0.232 e. The molecule has 2 aliphatic rings. The van der Waals surface area contributed by atoms with E-state index in [4.69, 9.17) is 26.6 Å². The Labute approximate surface area is 171 Å². The molecule has 4 heterocycles. The highest BCUT2D eigenvalue weighted by Gasteiger charge is 2.22. The zero-order valence-electron chi connectivity index (χ0n) is 16.4. The lowest BCUT2D eigenvalue weighted by Crippen LogP contribution is -2.35. The summed E-state index contributed by atoms with van der Waals surface area (Å²) in [6.45, 7) is 7.02. The molecular formula is C20H28N6OS. The van der Waals surface area contributed by atoms with Gasteiger partial charge in [-0.3, -0.25) is 0 Å². The Morgan fingerprint density at radius 2 is 1.93 bits per heavy atom. The molecule has 0 saturated carbocycles. The topological polar surface area (TPSA) is 69.5 Å². The van der Waals surface area contributed by atoms with Crippen LogP contribution in [0.1, 0.15) is 38.4 Å². The second-order valence-corrected chi connectivity index (χ2v) is 8.09. The molecule has 2 aromatic heterocycles. The number of thiocarbonyl (C=S) groups is 1. The molecule has 0 radical (unpaired) electrons. The molecule has 2 aromatic rings. The van der Waals surface area contributed by atoms with E-state index in [1.807, 2.05) is 12.1 Å². The Morgan fingerprint density at radius 3 is 2.64 bits per heavy atom. The summed E-state index contributed by atoms with van der Waals surface area (Å²) in [6, 6.07) is 5.91. The van der Waals surface area contributed by atoms with E-state index in [0.717, 1.165) is 43.6 Å². The van der Waals surface area contributed by atoms with Crippen LogP contribution in [-0.2, 0) is 6.54 Å². The highest BCUT2D eigenvalue weighted by atomic mass is 32.1. The van der Waals surface area contributed by atoms with E-state index in [1.54, 1.807) is 6.26 Å². The summed E-state index contributed by atoms with van der Waals surface area (Å²) in [5.74, 6) is 4.04. The van der Waals surface area contributed by atoms with Crippen LogP contribution in [0.25, 0.3) is 0 Å². The van der Waals surface area contributed by atoms with Gasteiger partial charge in [0.1, 0.15) is 17.4 Å². The van der Waals surface area contributed by atoms with Crippen molar-refractivity contribution in [2.75, 3.05) is 41.3 Å². The van der Waals surface area contributed by atoms with Crippen LogP contribution >= 0.6 is 12.2 Å². The summed E-state index contributed by atoms with van der Waals surface area (Å²) < 4.78 is 5.33. The SMILES string of the molecule is C[C@H]1CCCN(c2cc(N3CCCC3)nc(NC(=S)NCc3ccco3)n2)C1. The molecule has 0 unspecified atom stereocenters. The van der Waals surface area contributed by atoms with E-state index in [2.05, 4.69) is 33.4 Å². The molecule has 8 heteroatoms. The minimum atomic E-state index is 0.493. The van der Waals surface area contributed by atoms with E-state index in [9.17, 15) is 0 Å². The molecule has 0 amide bonds. The van der Waals surface area contributed by atoms with Crippen molar-refractivity contribution >= 4 is 34.9 Å². The number of nitrogens with one attached hydrogen (secondary N) is 2. The Kier molecular flexibility index (Phi) is 5.95. The first-order chi connectivity index (χ1) is 13.7. The van der Waals surface area contributed by atoms with Gasteiger partial charge in [-0.25, -0.2) is 0 Å². The molecule has 0 bridgehead atoms. The summed E-state index contributed by atoms with van der Waals surface area (Å²) in [4.78, 5) is 14.2. The number of anilines is 3. The summed E-state index contributed by atoms with van der Waals surface area (Å²) in [5.41, 5.74) is 0.